The summed E-state index contributed by atoms with van der Waals surface area (Å²) in [5.41, 5.74) is 6.07. The Morgan fingerprint density at radius 2 is 1.28 bits per heavy atom. The summed E-state index contributed by atoms with van der Waals surface area (Å²) in [5, 5.41) is 11.9. The fourth-order valence-corrected chi connectivity index (χ4v) is 5.36. The van der Waals surface area contributed by atoms with Gasteiger partial charge in [0.05, 0.1) is 11.4 Å². The van der Waals surface area contributed by atoms with Crippen molar-refractivity contribution in [2.45, 2.75) is 5.41 Å². The van der Waals surface area contributed by atoms with Crippen LogP contribution in [-0.4, -0.2) is 15.7 Å². The summed E-state index contributed by atoms with van der Waals surface area (Å²) in [6.07, 6.45) is 2.06. The van der Waals surface area contributed by atoms with Gasteiger partial charge < -0.3 is 10.6 Å². The number of nitrogens with zero attached hydrogens (tertiary/aromatic N) is 2. The van der Waals surface area contributed by atoms with Crippen LogP contribution in [0, 0.1) is 0 Å². The van der Waals surface area contributed by atoms with E-state index < -0.39 is 5.41 Å². The average molecular weight is 467 g/mol. The number of rotatable bonds is 3. The number of nitrogens with one attached hydrogen (secondary N) is 2. The minimum atomic E-state index is -1.04. The van der Waals surface area contributed by atoms with Crippen molar-refractivity contribution in [1.82, 2.24) is 9.78 Å². The highest BCUT2D eigenvalue weighted by Crippen LogP contribution is 2.53. The van der Waals surface area contributed by atoms with E-state index in [-0.39, 0.29) is 5.91 Å². The molecule has 1 spiro atoms. The third kappa shape index (κ3) is 2.89. The van der Waals surface area contributed by atoms with Crippen molar-refractivity contribution in [3.63, 3.8) is 0 Å². The first-order chi connectivity index (χ1) is 17.8. The molecule has 0 unspecified atom stereocenters. The maximum Gasteiger partial charge on any atom is 0.243 e. The van der Waals surface area contributed by atoms with Crippen LogP contribution < -0.4 is 10.6 Å². The quantitative estimate of drug-likeness (QED) is 0.331. The lowest BCUT2D eigenvalue weighted by molar-refractivity contribution is -0.118. The van der Waals surface area contributed by atoms with Gasteiger partial charge in [-0.2, -0.15) is 5.10 Å². The molecule has 1 aromatic heterocycles. The van der Waals surface area contributed by atoms with Crippen LogP contribution in [0.4, 0.5) is 11.5 Å². The van der Waals surface area contributed by atoms with Crippen molar-refractivity contribution < 1.29 is 4.79 Å². The first-order valence-electron chi connectivity index (χ1n) is 12.0. The van der Waals surface area contributed by atoms with Crippen LogP contribution in [-0.2, 0) is 10.2 Å². The van der Waals surface area contributed by atoms with E-state index in [0.29, 0.717) is 0 Å². The Morgan fingerprint density at radius 3 is 2.00 bits per heavy atom. The summed E-state index contributed by atoms with van der Waals surface area (Å²) in [5.74, 6) is 0.706. The van der Waals surface area contributed by atoms with Crippen LogP contribution >= 0.6 is 0 Å². The monoisotopic (exact) mass is 466 g/mol. The predicted molar refractivity (Wildman–Crippen MR) is 143 cm³/mol. The zero-order valence-electron chi connectivity index (χ0n) is 19.3. The number of anilines is 2. The minimum absolute atomic E-state index is 0.0790. The standard InChI is InChI=1S/C31H22N4O/c36-30-31(24-18-10-11-19-25(24)33-30)20-26(21-12-4-1-5-13-21)32-29-27(31)28(22-14-6-2-7-15-22)34-35(29)23-16-8-3-9-17-23/h1-20,32H,(H,33,36)/t31-/m0/s1. The van der Waals surface area contributed by atoms with Gasteiger partial charge >= 0.3 is 0 Å². The summed E-state index contributed by atoms with van der Waals surface area (Å²) in [6, 6.07) is 38.2. The molecule has 2 N–H and O–H groups in total. The van der Waals surface area contributed by atoms with E-state index >= 15 is 0 Å². The van der Waals surface area contributed by atoms with Gasteiger partial charge in [-0.25, -0.2) is 4.68 Å². The zero-order valence-corrected chi connectivity index (χ0v) is 19.3. The lowest BCUT2D eigenvalue weighted by atomic mass is 9.71. The second kappa shape index (κ2) is 7.82. The van der Waals surface area contributed by atoms with Crippen LogP contribution in [0.3, 0.4) is 0 Å². The molecule has 7 rings (SSSR count). The fraction of sp³-hybridized carbons (Fsp3) is 0.0323. The number of amides is 1. The van der Waals surface area contributed by atoms with E-state index in [1.807, 2.05) is 108 Å². The molecule has 5 aromatic rings. The largest absolute Gasteiger partial charge is 0.340 e. The van der Waals surface area contributed by atoms with Gasteiger partial charge in [-0.1, -0.05) is 97.1 Å². The summed E-state index contributed by atoms with van der Waals surface area (Å²) in [6.45, 7) is 0. The highest BCUT2D eigenvalue weighted by molar-refractivity contribution is 6.14. The molecule has 0 saturated carbocycles. The third-order valence-electron chi connectivity index (χ3n) is 6.98. The fourth-order valence-electron chi connectivity index (χ4n) is 5.36. The molecule has 0 radical (unpaired) electrons. The molecular formula is C31H22N4O. The molecule has 36 heavy (non-hydrogen) atoms. The van der Waals surface area contributed by atoms with Gasteiger partial charge in [0.1, 0.15) is 11.2 Å². The minimum Gasteiger partial charge on any atom is -0.340 e. The molecule has 5 heteroatoms. The molecule has 3 heterocycles. The summed E-state index contributed by atoms with van der Waals surface area (Å²) in [7, 11) is 0. The van der Waals surface area contributed by atoms with Crippen LogP contribution in [0.2, 0.25) is 0 Å². The number of fused-ring (bicyclic) bond motifs is 4. The molecule has 4 aromatic carbocycles. The van der Waals surface area contributed by atoms with E-state index in [2.05, 4.69) is 28.8 Å². The van der Waals surface area contributed by atoms with Crippen molar-refractivity contribution in [2.75, 3.05) is 10.6 Å². The van der Waals surface area contributed by atoms with E-state index in [9.17, 15) is 4.79 Å². The Hall–Kier alpha value is -4.90. The van der Waals surface area contributed by atoms with Gasteiger partial charge in [0.25, 0.3) is 0 Å². The second-order valence-corrected chi connectivity index (χ2v) is 9.04. The van der Waals surface area contributed by atoms with Gasteiger partial charge in [-0.3, -0.25) is 4.79 Å². The van der Waals surface area contributed by atoms with Crippen LogP contribution in [0.15, 0.2) is 121 Å². The van der Waals surface area contributed by atoms with Crippen molar-refractivity contribution in [3.05, 3.63) is 138 Å². The SMILES string of the molecule is O=C1Nc2ccccc2[C@]12C=C(c1ccccc1)Nc1c2c(-c2ccccc2)nn1-c1ccccc1. The predicted octanol–water partition coefficient (Wildman–Crippen LogP) is 6.24. The molecule has 1 atom stereocenters. The number of aromatic nitrogens is 2. The number of para-hydroxylation sites is 2. The smallest absolute Gasteiger partial charge is 0.243 e. The molecule has 0 aliphatic carbocycles. The van der Waals surface area contributed by atoms with E-state index in [0.717, 1.165) is 50.8 Å². The van der Waals surface area contributed by atoms with Gasteiger partial charge in [0.2, 0.25) is 5.91 Å². The number of benzene rings is 4. The first-order valence-corrected chi connectivity index (χ1v) is 12.0. The normalized spacial score (nSPS) is 17.7. The molecule has 0 saturated heterocycles. The number of hydrogen-bond acceptors (Lipinski definition) is 3. The molecule has 5 nitrogen and oxygen atoms in total. The Kier molecular flexibility index (Phi) is 4.45. The van der Waals surface area contributed by atoms with Gasteiger partial charge in [-0.05, 0) is 35.4 Å². The van der Waals surface area contributed by atoms with Gasteiger partial charge in [-0.15, -0.1) is 0 Å². The van der Waals surface area contributed by atoms with Crippen LogP contribution in [0.1, 0.15) is 16.7 Å². The molecule has 2 aliphatic heterocycles. The maximum absolute atomic E-state index is 14.1. The molecular weight excluding hydrogens is 444 g/mol. The molecule has 0 bridgehead atoms. The Bertz CT molecular complexity index is 1640. The van der Waals surface area contributed by atoms with Crippen LogP contribution in [0.5, 0.6) is 0 Å². The van der Waals surface area contributed by atoms with Crippen molar-refractivity contribution in [2.24, 2.45) is 0 Å². The van der Waals surface area contributed by atoms with Gasteiger partial charge in [0, 0.05) is 22.5 Å². The highest BCUT2D eigenvalue weighted by Gasteiger charge is 2.53. The summed E-state index contributed by atoms with van der Waals surface area (Å²) in [4.78, 5) is 14.1. The van der Waals surface area contributed by atoms with Crippen LogP contribution in [0.25, 0.3) is 22.6 Å². The molecule has 172 valence electrons. The van der Waals surface area contributed by atoms with E-state index in [4.69, 9.17) is 5.10 Å². The Balaban J connectivity index is 1.60. The highest BCUT2D eigenvalue weighted by atomic mass is 16.2. The summed E-state index contributed by atoms with van der Waals surface area (Å²) < 4.78 is 1.92. The lowest BCUT2D eigenvalue weighted by Gasteiger charge is -2.32. The number of carbonyl (C=O) groups is 1. The first kappa shape index (κ1) is 20.5. The molecule has 0 fully saturated rings. The van der Waals surface area contributed by atoms with Gasteiger partial charge in [0.15, 0.2) is 0 Å². The summed E-state index contributed by atoms with van der Waals surface area (Å²) >= 11 is 0. The Morgan fingerprint density at radius 1 is 0.667 bits per heavy atom. The molecule has 2 aliphatic rings. The maximum atomic E-state index is 14.1. The van der Waals surface area contributed by atoms with E-state index in [1.165, 1.54) is 0 Å². The van der Waals surface area contributed by atoms with Crippen molar-refractivity contribution in [3.8, 4) is 16.9 Å². The number of hydrogen-bond donors (Lipinski definition) is 2. The van der Waals surface area contributed by atoms with E-state index in [1.54, 1.807) is 0 Å². The average Bonchev–Trinajstić information content (AvgIpc) is 3.46. The zero-order chi connectivity index (χ0) is 24.1. The third-order valence-corrected chi connectivity index (χ3v) is 6.98. The Labute approximate surface area is 208 Å². The number of carbonyl (C=O) groups excluding carboxylic acids is 1. The van der Waals surface area contributed by atoms with Crippen molar-refractivity contribution >= 4 is 23.1 Å². The lowest BCUT2D eigenvalue weighted by Crippen LogP contribution is -2.37. The topological polar surface area (TPSA) is 59.0 Å². The van der Waals surface area contributed by atoms with Crippen molar-refractivity contribution in [1.29, 1.82) is 0 Å². The second-order valence-electron chi connectivity index (χ2n) is 9.04. The molecule has 1 amide bonds.